The first kappa shape index (κ1) is 21.8. The monoisotopic (exact) mass is 403 g/mol. The largest absolute Gasteiger partial charge is 0.477 e. The predicted molar refractivity (Wildman–Crippen MR) is 105 cm³/mol. The molecule has 7 heteroatoms. The fraction of sp³-hybridized carbons (Fsp3) is 0.650. The Morgan fingerprint density at radius 3 is 2.26 bits per heavy atom. The summed E-state index contributed by atoms with van der Waals surface area (Å²) in [5.41, 5.74) is -0.627. The summed E-state index contributed by atoms with van der Waals surface area (Å²) < 4.78 is 39.2. The number of carboxylic acids is 1. The van der Waals surface area contributed by atoms with E-state index in [0.29, 0.717) is 28.9 Å². The van der Waals surface area contributed by atoms with Crippen LogP contribution in [0.25, 0.3) is 5.57 Å². The van der Waals surface area contributed by atoms with Crippen LogP contribution in [0.5, 0.6) is 0 Å². The Morgan fingerprint density at radius 2 is 1.81 bits per heavy atom. The van der Waals surface area contributed by atoms with Gasteiger partial charge in [-0.05, 0) is 51.5 Å². The second-order valence-electron chi connectivity index (χ2n) is 7.87. The van der Waals surface area contributed by atoms with Crippen LogP contribution >= 0.6 is 11.3 Å². The summed E-state index contributed by atoms with van der Waals surface area (Å²) >= 11 is 0.652. The van der Waals surface area contributed by atoms with Gasteiger partial charge in [0, 0.05) is 17.0 Å². The van der Waals surface area contributed by atoms with E-state index in [1.165, 1.54) is 6.07 Å². The second kappa shape index (κ2) is 8.25. The molecule has 1 atom stereocenters. The Balaban J connectivity index is 2.42. The molecule has 1 aliphatic rings. The van der Waals surface area contributed by atoms with E-state index in [9.17, 15) is 23.1 Å². The van der Waals surface area contributed by atoms with E-state index in [0.717, 1.165) is 25.7 Å². The molecule has 3 nitrogen and oxygen atoms in total. The molecule has 2 rings (SSSR count). The topological polar surface area (TPSA) is 40.5 Å². The van der Waals surface area contributed by atoms with Gasteiger partial charge in [0.1, 0.15) is 4.88 Å². The third-order valence-corrected chi connectivity index (χ3v) is 6.73. The molecule has 1 aromatic heterocycles. The number of halogens is 3. The second-order valence-corrected chi connectivity index (χ2v) is 8.92. The molecule has 27 heavy (non-hydrogen) atoms. The number of allylic oxidation sites excluding steroid dienone is 1. The Kier molecular flexibility index (Phi) is 6.66. The van der Waals surface area contributed by atoms with Gasteiger partial charge in [0.05, 0.1) is 11.3 Å². The number of anilines is 1. The maximum Gasteiger partial charge on any atom is 0.417 e. The Hall–Kier alpha value is -1.50. The molecule has 0 aliphatic heterocycles. The summed E-state index contributed by atoms with van der Waals surface area (Å²) in [6, 6.07) is 1.38. The Labute approximate surface area is 162 Å². The normalized spacial score (nSPS) is 21.9. The summed E-state index contributed by atoms with van der Waals surface area (Å²) in [5, 5.41) is 9.59. The number of hydrogen-bond acceptors (Lipinski definition) is 3. The first-order valence-corrected chi connectivity index (χ1v) is 10.2. The zero-order chi connectivity index (χ0) is 20.5. The maximum atomic E-state index is 13.1. The number of nitrogens with zero attached hydrogens (tertiary/aromatic N) is 1. The van der Waals surface area contributed by atoms with Crippen molar-refractivity contribution in [2.75, 3.05) is 4.90 Å². The highest BCUT2D eigenvalue weighted by atomic mass is 32.1. The molecule has 152 valence electrons. The SMILES string of the molecule is C=C(c1cc(N(C(C)C)C(C)C2CCC(C)CC2)c(C(=O)O)s1)C(F)(F)F. The van der Waals surface area contributed by atoms with Crippen LogP contribution in [0.2, 0.25) is 0 Å². The van der Waals surface area contributed by atoms with E-state index in [4.69, 9.17) is 0 Å². The number of carboxylic acid groups (broad SMARTS) is 1. The number of alkyl halides is 3. The van der Waals surface area contributed by atoms with Crippen molar-refractivity contribution < 1.29 is 23.1 Å². The summed E-state index contributed by atoms with van der Waals surface area (Å²) in [6.45, 7) is 11.3. The van der Waals surface area contributed by atoms with Crippen LogP contribution in [0.4, 0.5) is 18.9 Å². The van der Waals surface area contributed by atoms with Crippen molar-refractivity contribution in [3.05, 3.63) is 22.4 Å². The van der Waals surface area contributed by atoms with E-state index >= 15 is 0 Å². The van der Waals surface area contributed by atoms with E-state index in [1.54, 1.807) is 0 Å². The van der Waals surface area contributed by atoms with Gasteiger partial charge in [-0.1, -0.05) is 26.3 Å². The van der Waals surface area contributed by atoms with Gasteiger partial charge in [0.25, 0.3) is 0 Å². The average molecular weight is 404 g/mol. The molecule has 1 unspecified atom stereocenters. The highest BCUT2D eigenvalue weighted by Crippen LogP contribution is 2.43. The minimum absolute atomic E-state index is 0.0287. The number of carbonyl (C=O) groups is 1. The lowest BCUT2D eigenvalue weighted by Gasteiger charge is -2.41. The van der Waals surface area contributed by atoms with Crippen LogP contribution < -0.4 is 4.90 Å². The third kappa shape index (κ3) is 4.86. The molecular formula is C20H28F3NO2S. The summed E-state index contributed by atoms with van der Waals surface area (Å²) in [4.78, 5) is 13.5. The van der Waals surface area contributed by atoms with Crippen molar-refractivity contribution in [3.8, 4) is 0 Å². The summed E-state index contributed by atoms with van der Waals surface area (Å²) in [5.74, 6) is -0.107. The minimum Gasteiger partial charge on any atom is -0.477 e. The molecular weight excluding hydrogens is 375 g/mol. The fourth-order valence-corrected chi connectivity index (χ4v) is 4.96. The molecule has 1 fully saturated rings. The summed E-state index contributed by atoms with van der Waals surface area (Å²) in [7, 11) is 0. The van der Waals surface area contributed by atoms with Crippen LogP contribution in [-0.4, -0.2) is 29.3 Å². The Bertz CT molecular complexity index is 688. The third-order valence-electron chi connectivity index (χ3n) is 5.56. The molecule has 0 aromatic carbocycles. The lowest BCUT2D eigenvalue weighted by atomic mass is 9.79. The number of aromatic carboxylic acids is 1. The standard InChI is InChI=1S/C20H28F3NO2S/c1-11(2)24(14(5)15-8-6-12(3)7-9-15)16-10-17(13(4)20(21,22)23)27-18(16)19(25)26/h10-12,14-15H,4,6-9H2,1-3,5H3,(H,25,26). The number of thiophene rings is 1. The minimum atomic E-state index is -4.58. The van der Waals surface area contributed by atoms with E-state index in [-0.39, 0.29) is 21.8 Å². The number of rotatable bonds is 6. The smallest absolute Gasteiger partial charge is 0.417 e. The van der Waals surface area contributed by atoms with Crippen LogP contribution in [0.3, 0.4) is 0 Å². The van der Waals surface area contributed by atoms with Gasteiger partial charge in [0.2, 0.25) is 0 Å². The van der Waals surface area contributed by atoms with Gasteiger partial charge < -0.3 is 10.0 Å². The van der Waals surface area contributed by atoms with Crippen LogP contribution in [-0.2, 0) is 0 Å². The maximum absolute atomic E-state index is 13.1. The van der Waals surface area contributed by atoms with E-state index in [1.807, 2.05) is 18.7 Å². The molecule has 1 aromatic rings. The molecule has 1 N–H and O–H groups in total. The molecule has 0 saturated heterocycles. The van der Waals surface area contributed by atoms with Crippen LogP contribution in [0.15, 0.2) is 12.6 Å². The van der Waals surface area contributed by atoms with Crippen molar-refractivity contribution in [3.63, 3.8) is 0 Å². The first-order valence-electron chi connectivity index (χ1n) is 9.35. The summed E-state index contributed by atoms with van der Waals surface area (Å²) in [6.07, 6.45) is -0.203. The molecule has 1 heterocycles. The first-order chi connectivity index (χ1) is 12.4. The highest BCUT2D eigenvalue weighted by molar-refractivity contribution is 7.15. The van der Waals surface area contributed by atoms with Crippen LogP contribution in [0, 0.1) is 11.8 Å². The van der Waals surface area contributed by atoms with Crippen molar-refractivity contribution in [2.24, 2.45) is 11.8 Å². The van der Waals surface area contributed by atoms with Gasteiger partial charge in [-0.15, -0.1) is 11.3 Å². The molecule has 0 amide bonds. The van der Waals surface area contributed by atoms with Gasteiger partial charge in [-0.25, -0.2) is 4.79 Å². The van der Waals surface area contributed by atoms with Crippen molar-refractivity contribution in [1.29, 1.82) is 0 Å². The van der Waals surface area contributed by atoms with Gasteiger partial charge in [-0.2, -0.15) is 13.2 Å². The zero-order valence-corrected chi connectivity index (χ0v) is 17.1. The quantitative estimate of drug-likeness (QED) is 0.593. The molecule has 0 bridgehead atoms. The van der Waals surface area contributed by atoms with Crippen molar-refractivity contribution >= 4 is 28.6 Å². The fourth-order valence-electron chi connectivity index (χ4n) is 3.98. The average Bonchev–Trinajstić information content (AvgIpc) is 2.98. The lowest BCUT2D eigenvalue weighted by molar-refractivity contribution is -0.0684. The van der Waals surface area contributed by atoms with Gasteiger partial charge in [0.15, 0.2) is 0 Å². The molecule has 1 saturated carbocycles. The predicted octanol–water partition coefficient (Wildman–Crippen LogP) is 6.45. The van der Waals surface area contributed by atoms with Crippen LogP contribution in [0.1, 0.15) is 67.9 Å². The highest BCUT2D eigenvalue weighted by Gasteiger charge is 2.37. The zero-order valence-electron chi connectivity index (χ0n) is 16.3. The van der Waals surface area contributed by atoms with Crippen molar-refractivity contribution in [1.82, 2.24) is 0 Å². The van der Waals surface area contributed by atoms with Crippen molar-refractivity contribution in [2.45, 2.75) is 71.6 Å². The van der Waals surface area contributed by atoms with Gasteiger partial charge in [-0.3, -0.25) is 0 Å². The lowest BCUT2D eigenvalue weighted by Crippen LogP contribution is -2.44. The molecule has 1 aliphatic carbocycles. The van der Waals surface area contributed by atoms with E-state index in [2.05, 4.69) is 20.4 Å². The number of hydrogen-bond donors (Lipinski definition) is 1. The van der Waals surface area contributed by atoms with E-state index < -0.39 is 17.7 Å². The van der Waals surface area contributed by atoms with Gasteiger partial charge >= 0.3 is 12.1 Å². The Morgan fingerprint density at radius 1 is 1.26 bits per heavy atom. The molecule has 0 radical (unpaired) electrons. The molecule has 0 spiro atoms.